The van der Waals surface area contributed by atoms with Crippen LogP contribution in [-0.4, -0.2) is 11.8 Å². The molecule has 0 aliphatic heterocycles. The minimum absolute atomic E-state index is 0.332. The van der Waals surface area contributed by atoms with Gasteiger partial charge in [0.05, 0.1) is 21.4 Å². The molecular formula is C14H16Cl2N2O2. The van der Waals surface area contributed by atoms with Crippen LogP contribution in [0.3, 0.4) is 0 Å². The summed E-state index contributed by atoms with van der Waals surface area (Å²) in [6.45, 7) is 0. The summed E-state index contributed by atoms with van der Waals surface area (Å²) in [5, 5.41) is 0.722. The van der Waals surface area contributed by atoms with Crippen LogP contribution < -0.4 is 11.5 Å². The van der Waals surface area contributed by atoms with E-state index in [9.17, 15) is 9.59 Å². The lowest BCUT2D eigenvalue weighted by Crippen LogP contribution is -2.53. The highest BCUT2D eigenvalue weighted by Crippen LogP contribution is 2.44. The van der Waals surface area contributed by atoms with E-state index in [1.807, 2.05) is 0 Å². The Morgan fingerprint density at radius 3 is 2.40 bits per heavy atom. The van der Waals surface area contributed by atoms with Gasteiger partial charge in [-0.05, 0) is 30.5 Å². The van der Waals surface area contributed by atoms with Gasteiger partial charge in [0, 0.05) is 0 Å². The Morgan fingerprint density at radius 2 is 1.85 bits per heavy atom. The maximum atomic E-state index is 12.1. The van der Waals surface area contributed by atoms with Crippen molar-refractivity contribution in [1.82, 2.24) is 0 Å². The second-order valence-electron chi connectivity index (χ2n) is 5.17. The molecule has 20 heavy (non-hydrogen) atoms. The molecule has 2 unspecified atom stereocenters. The third kappa shape index (κ3) is 2.38. The van der Waals surface area contributed by atoms with Crippen LogP contribution >= 0.6 is 23.2 Å². The zero-order valence-corrected chi connectivity index (χ0v) is 12.4. The van der Waals surface area contributed by atoms with Crippen molar-refractivity contribution in [1.29, 1.82) is 0 Å². The number of hydrogen-bond acceptors (Lipinski definition) is 2. The van der Waals surface area contributed by atoms with Gasteiger partial charge in [0.2, 0.25) is 11.8 Å². The Bertz CT molecular complexity index is 562. The molecule has 1 fully saturated rings. The summed E-state index contributed by atoms with van der Waals surface area (Å²) >= 11 is 11.9. The number of nitrogens with two attached hydrogens (primary N) is 2. The SMILES string of the molecule is NC(=O)C1CCCCC1(C(N)=O)c1ccc(Cl)c(Cl)c1. The third-order valence-electron chi connectivity index (χ3n) is 4.13. The molecule has 0 bridgehead atoms. The summed E-state index contributed by atoms with van der Waals surface area (Å²) in [4.78, 5) is 23.9. The van der Waals surface area contributed by atoms with Gasteiger partial charge in [0.1, 0.15) is 0 Å². The first-order chi connectivity index (χ1) is 9.39. The average molecular weight is 315 g/mol. The molecule has 1 aliphatic carbocycles. The van der Waals surface area contributed by atoms with E-state index < -0.39 is 23.1 Å². The zero-order valence-electron chi connectivity index (χ0n) is 10.9. The Morgan fingerprint density at radius 1 is 1.15 bits per heavy atom. The van der Waals surface area contributed by atoms with Crippen molar-refractivity contribution in [3.8, 4) is 0 Å². The molecule has 1 aromatic rings. The first-order valence-corrected chi connectivity index (χ1v) is 7.20. The van der Waals surface area contributed by atoms with Gasteiger partial charge in [0.25, 0.3) is 0 Å². The highest BCUT2D eigenvalue weighted by Gasteiger charge is 2.49. The average Bonchev–Trinajstić information content (AvgIpc) is 2.41. The lowest BCUT2D eigenvalue weighted by Gasteiger charge is -2.40. The molecule has 0 aromatic heterocycles. The van der Waals surface area contributed by atoms with Crippen molar-refractivity contribution in [3.63, 3.8) is 0 Å². The van der Waals surface area contributed by atoms with Crippen molar-refractivity contribution in [2.24, 2.45) is 17.4 Å². The van der Waals surface area contributed by atoms with E-state index >= 15 is 0 Å². The summed E-state index contributed by atoms with van der Waals surface area (Å²) in [6, 6.07) is 4.91. The monoisotopic (exact) mass is 314 g/mol. The quantitative estimate of drug-likeness (QED) is 0.897. The van der Waals surface area contributed by atoms with Gasteiger partial charge in [0.15, 0.2) is 0 Å². The van der Waals surface area contributed by atoms with Crippen LogP contribution in [0.5, 0.6) is 0 Å². The highest BCUT2D eigenvalue weighted by molar-refractivity contribution is 6.42. The topological polar surface area (TPSA) is 86.2 Å². The molecule has 0 heterocycles. The van der Waals surface area contributed by atoms with Gasteiger partial charge < -0.3 is 11.5 Å². The van der Waals surface area contributed by atoms with Gasteiger partial charge in [-0.2, -0.15) is 0 Å². The number of halogens is 2. The Balaban J connectivity index is 2.60. The minimum Gasteiger partial charge on any atom is -0.369 e. The number of hydrogen-bond donors (Lipinski definition) is 2. The molecule has 2 rings (SSSR count). The van der Waals surface area contributed by atoms with Gasteiger partial charge in [-0.15, -0.1) is 0 Å². The third-order valence-corrected chi connectivity index (χ3v) is 4.87. The van der Waals surface area contributed by atoms with E-state index in [2.05, 4.69) is 0 Å². The van der Waals surface area contributed by atoms with Gasteiger partial charge in [-0.1, -0.05) is 42.1 Å². The molecule has 0 radical (unpaired) electrons. The van der Waals surface area contributed by atoms with E-state index in [4.69, 9.17) is 34.7 Å². The fourth-order valence-corrected chi connectivity index (χ4v) is 3.41. The van der Waals surface area contributed by atoms with E-state index in [0.29, 0.717) is 28.5 Å². The first-order valence-electron chi connectivity index (χ1n) is 6.44. The van der Waals surface area contributed by atoms with Gasteiger partial charge >= 0.3 is 0 Å². The highest BCUT2D eigenvalue weighted by atomic mass is 35.5. The molecule has 1 saturated carbocycles. The summed E-state index contributed by atoms with van der Waals surface area (Å²) in [6.07, 6.45) is 2.71. The Kier molecular flexibility index (Phi) is 4.25. The van der Waals surface area contributed by atoms with Crippen LogP contribution in [0.1, 0.15) is 31.2 Å². The fourth-order valence-electron chi connectivity index (χ4n) is 3.11. The van der Waals surface area contributed by atoms with Crippen molar-refractivity contribution in [2.45, 2.75) is 31.1 Å². The Hall–Kier alpha value is -1.26. The standard InChI is InChI=1S/C14H16Cl2N2O2/c15-10-5-4-8(7-11(10)16)14(13(18)20)6-2-1-3-9(14)12(17)19/h4-5,7,9H,1-3,6H2,(H2,17,19)(H2,18,20). The number of rotatable bonds is 3. The molecule has 1 aliphatic rings. The van der Waals surface area contributed by atoms with Crippen LogP contribution in [0.4, 0.5) is 0 Å². The minimum atomic E-state index is -1.09. The first kappa shape index (κ1) is 15.1. The molecular weight excluding hydrogens is 299 g/mol. The molecule has 108 valence electrons. The molecule has 2 amide bonds. The maximum absolute atomic E-state index is 12.1. The van der Waals surface area contributed by atoms with E-state index in [1.165, 1.54) is 0 Å². The van der Waals surface area contributed by atoms with Crippen LogP contribution in [0, 0.1) is 5.92 Å². The molecule has 6 heteroatoms. The fraction of sp³-hybridized carbons (Fsp3) is 0.429. The van der Waals surface area contributed by atoms with E-state index in [0.717, 1.165) is 12.8 Å². The second kappa shape index (κ2) is 5.62. The number of amides is 2. The molecule has 0 spiro atoms. The lowest BCUT2D eigenvalue weighted by molar-refractivity contribution is -0.135. The van der Waals surface area contributed by atoms with Gasteiger partial charge in [-0.25, -0.2) is 0 Å². The smallest absolute Gasteiger partial charge is 0.228 e. The van der Waals surface area contributed by atoms with E-state index in [-0.39, 0.29) is 0 Å². The zero-order chi connectivity index (χ0) is 14.9. The summed E-state index contributed by atoms with van der Waals surface area (Å²) in [5.41, 5.74) is 10.6. The summed E-state index contributed by atoms with van der Waals surface area (Å²) < 4.78 is 0. The lowest BCUT2D eigenvalue weighted by atomic mass is 9.61. The number of carbonyl (C=O) groups excluding carboxylic acids is 2. The maximum Gasteiger partial charge on any atom is 0.228 e. The van der Waals surface area contributed by atoms with Crippen molar-refractivity contribution in [3.05, 3.63) is 33.8 Å². The van der Waals surface area contributed by atoms with Gasteiger partial charge in [-0.3, -0.25) is 9.59 Å². The molecule has 1 aromatic carbocycles. The van der Waals surface area contributed by atoms with Crippen LogP contribution in [-0.2, 0) is 15.0 Å². The van der Waals surface area contributed by atoms with Crippen LogP contribution in [0.15, 0.2) is 18.2 Å². The number of benzene rings is 1. The predicted octanol–water partition coefficient (Wildman–Crippen LogP) is 2.39. The van der Waals surface area contributed by atoms with Crippen molar-refractivity contribution < 1.29 is 9.59 Å². The van der Waals surface area contributed by atoms with E-state index in [1.54, 1.807) is 18.2 Å². The molecule has 4 nitrogen and oxygen atoms in total. The largest absolute Gasteiger partial charge is 0.369 e. The van der Waals surface area contributed by atoms with Crippen molar-refractivity contribution in [2.75, 3.05) is 0 Å². The number of primary amides is 2. The second-order valence-corrected chi connectivity index (χ2v) is 5.98. The van der Waals surface area contributed by atoms with Crippen LogP contribution in [0.2, 0.25) is 10.0 Å². The molecule has 0 saturated heterocycles. The predicted molar refractivity (Wildman–Crippen MR) is 78.5 cm³/mol. The van der Waals surface area contributed by atoms with Crippen LogP contribution in [0.25, 0.3) is 0 Å². The normalized spacial score (nSPS) is 26.2. The number of carbonyl (C=O) groups is 2. The summed E-state index contributed by atoms with van der Waals surface area (Å²) in [7, 11) is 0. The summed E-state index contributed by atoms with van der Waals surface area (Å²) in [5.74, 6) is -1.65. The Labute approximate surface area is 127 Å². The molecule has 2 atom stereocenters. The van der Waals surface area contributed by atoms with Crippen molar-refractivity contribution >= 4 is 35.0 Å². The molecule has 4 N–H and O–H groups in total.